The minimum absolute atomic E-state index is 0.121. The van der Waals surface area contributed by atoms with Gasteiger partial charge in [-0.2, -0.15) is 0 Å². The van der Waals surface area contributed by atoms with Crippen LogP contribution in [0.1, 0.15) is 26.7 Å². The predicted molar refractivity (Wildman–Crippen MR) is 95.0 cm³/mol. The van der Waals surface area contributed by atoms with E-state index in [1.54, 1.807) is 6.20 Å². The largest absolute Gasteiger partial charge is 0.357 e. The molecule has 2 heterocycles. The Morgan fingerprint density at radius 1 is 1.35 bits per heavy atom. The molecule has 1 fully saturated rings. The number of hydrogen-bond acceptors (Lipinski definition) is 4. The molecule has 5 nitrogen and oxygen atoms in total. The van der Waals surface area contributed by atoms with Crippen molar-refractivity contribution in [2.45, 2.75) is 26.7 Å². The molecule has 0 radical (unpaired) electrons. The van der Waals surface area contributed by atoms with Gasteiger partial charge in [0, 0.05) is 38.3 Å². The van der Waals surface area contributed by atoms with Crippen LogP contribution in [-0.4, -0.2) is 55.1 Å². The van der Waals surface area contributed by atoms with Crippen molar-refractivity contribution in [2.24, 2.45) is 5.92 Å². The van der Waals surface area contributed by atoms with Crippen LogP contribution in [0.5, 0.6) is 0 Å². The van der Waals surface area contributed by atoms with E-state index in [-0.39, 0.29) is 11.8 Å². The van der Waals surface area contributed by atoms with Crippen molar-refractivity contribution in [3.63, 3.8) is 0 Å². The summed E-state index contributed by atoms with van der Waals surface area (Å²) >= 11 is 5.87. The number of halogens is 1. The number of amides is 1. The van der Waals surface area contributed by atoms with E-state index in [2.05, 4.69) is 33.9 Å². The monoisotopic (exact) mass is 338 g/mol. The Labute approximate surface area is 144 Å². The fourth-order valence-corrected chi connectivity index (χ4v) is 3.06. The van der Waals surface area contributed by atoms with Crippen LogP contribution < -0.4 is 10.2 Å². The first kappa shape index (κ1) is 18.0. The molecule has 1 aromatic heterocycles. The van der Waals surface area contributed by atoms with Gasteiger partial charge in [0.25, 0.3) is 0 Å². The lowest BCUT2D eigenvalue weighted by Crippen LogP contribution is -2.42. The third-order valence-electron chi connectivity index (χ3n) is 4.52. The van der Waals surface area contributed by atoms with E-state index in [1.807, 2.05) is 12.1 Å². The standard InChI is InChI=1S/C17H27ClN4O/c1-3-21(4-2)12-9-19-17(23)14-7-10-22(11-8-14)16-6-5-15(18)13-20-16/h5-6,13-14H,3-4,7-12H2,1-2H3,(H,19,23). The van der Waals surface area contributed by atoms with Crippen LogP contribution in [0.4, 0.5) is 5.82 Å². The molecule has 1 aliphatic heterocycles. The van der Waals surface area contributed by atoms with Gasteiger partial charge in [0.05, 0.1) is 5.02 Å². The van der Waals surface area contributed by atoms with E-state index in [9.17, 15) is 4.79 Å². The Morgan fingerprint density at radius 2 is 2.04 bits per heavy atom. The minimum atomic E-state index is 0.121. The Morgan fingerprint density at radius 3 is 2.61 bits per heavy atom. The number of rotatable bonds is 7. The maximum atomic E-state index is 12.3. The van der Waals surface area contributed by atoms with Crippen molar-refractivity contribution in [2.75, 3.05) is 44.2 Å². The van der Waals surface area contributed by atoms with Crippen molar-refractivity contribution >= 4 is 23.3 Å². The van der Waals surface area contributed by atoms with E-state index in [4.69, 9.17) is 11.6 Å². The summed E-state index contributed by atoms with van der Waals surface area (Å²) in [5, 5.41) is 3.73. The summed E-state index contributed by atoms with van der Waals surface area (Å²) in [6, 6.07) is 3.79. The molecule has 23 heavy (non-hydrogen) atoms. The van der Waals surface area contributed by atoms with Crippen LogP contribution in [0, 0.1) is 5.92 Å². The summed E-state index contributed by atoms with van der Waals surface area (Å²) in [5.41, 5.74) is 0. The molecule has 1 saturated heterocycles. The molecule has 1 amide bonds. The molecule has 0 saturated carbocycles. The molecular weight excluding hydrogens is 312 g/mol. The first-order valence-corrected chi connectivity index (χ1v) is 8.88. The number of pyridine rings is 1. The van der Waals surface area contributed by atoms with Crippen LogP contribution in [0.3, 0.4) is 0 Å². The highest BCUT2D eigenvalue weighted by Crippen LogP contribution is 2.22. The molecule has 6 heteroatoms. The van der Waals surface area contributed by atoms with Crippen LogP contribution >= 0.6 is 11.6 Å². The third kappa shape index (κ3) is 5.36. The van der Waals surface area contributed by atoms with Crippen molar-refractivity contribution in [3.05, 3.63) is 23.4 Å². The van der Waals surface area contributed by atoms with Crippen LogP contribution in [0.2, 0.25) is 5.02 Å². The van der Waals surface area contributed by atoms with E-state index in [1.165, 1.54) is 0 Å². The van der Waals surface area contributed by atoms with E-state index in [0.717, 1.165) is 57.9 Å². The molecule has 128 valence electrons. The van der Waals surface area contributed by atoms with Gasteiger partial charge >= 0.3 is 0 Å². The number of nitrogens with one attached hydrogen (secondary N) is 1. The summed E-state index contributed by atoms with van der Waals surface area (Å²) in [7, 11) is 0. The number of carbonyl (C=O) groups excluding carboxylic acids is 1. The quantitative estimate of drug-likeness (QED) is 0.829. The van der Waals surface area contributed by atoms with Gasteiger partial charge in [0.2, 0.25) is 5.91 Å². The zero-order valence-electron chi connectivity index (χ0n) is 14.1. The fraction of sp³-hybridized carbons (Fsp3) is 0.647. The summed E-state index contributed by atoms with van der Waals surface area (Å²) in [6.45, 7) is 9.73. The molecule has 1 aromatic rings. The molecule has 1 N–H and O–H groups in total. The van der Waals surface area contributed by atoms with Crippen molar-refractivity contribution in [1.29, 1.82) is 0 Å². The average Bonchev–Trinajstić information content (AvgIpc) is 2.59. The van der Waals surface area contributed by atoms with Crippen LogP contribution in [0.15, 0.2) is 18.3 Å². The van der Waals surface area contributed by atoms with E-state index >= 15 is 0 Å². The van der Waals surface area contributed by atoms with Gasteiger partial charge in [-0.3, -0.25) is 4.79 Å². The third-order valence-corrected chi connectivity index (χ3v) is 4.75. The first-order chi connectivity index (χ1) is 11.1. The Kier molecular flexibility index (Phi) is 7.12. The Bertz CT molecular complexity index is 482. The maximum absolute atomic E-state index is 12.3. The Balaban J connectivity index is 1.73. The zero-order chi connectivity index (χ0) is 16.7. The SMILES string of the molecule is CCN(CC)CCNC(=O)C1CCN(c2ccc(Cl)cn2)CC1. The summed E-state index contributed by atoms with van der Waals surface area (Å²) in [5.74, 6) is 1.26. The molecule has 0 aromatic carbocycles. The average molecular weight is 339 g/mol. The molecule has 1 aliphatic rings. The lowest BCUT2D eigenvalue weighted by Gasteiger charge is -2.32. The summed E-state index contributed by atoms with van der Waals surface area (Å²) in [4.78, 5) is 21.1. The van der Waals surface area contributed by atoms with Crippen molar-refractivity contribution < 1.29 is 4.79 Å². The molecule has 0 spiro atoms. The highest BCUT2D eigenvalue weighted by molar-refractivity contribution is 6.30. The topological polar surface area (TPSA) is 48.5 Å². The number of aromatic nitrogens is 1. The van der Waals surface area contributed by atoms with E-state index < -0.39 is 0 Å². The smallest absolute Gasteiger partial charge is 0.223 e. The molecule has 0 unspecified atom stereocenters. The summed E-state index contributed by atoms with van der Waals surface area (Å²) in [6.07, 6.45) is 3.42. The second-order valence-electron chi connectivity index (χ2n) is 5.91. The van der Waals surface area contributed by atoms with Gasteiger partial charge in [-0.15, -0.1) is 0 Å². The van der Waals surface area contributed by atoms with Crippen LogP contribution in [0.25, 0.3) is 0 Å². The van der Waals surface area contributed by atoms with Gasteiger partial charge in [-0.1, -0.05) is 25.4 Å². The summed E-state index contributed by atoms with van der Waals surface area (Å²) < 4.78 is 0. The van der Waals surface area contributed by atoms with Crippen LogP contribution in [-0.2, 0) is 4.79 Å². The number of likely N-dealkylation sites (N-methyl/N-ethyl adjacent to an activating group) is 1. The highest BCUT2D eigenvalue weighted by Gasteiger charge is 2.25. The lowest BCUT2D eigenvalue weighted by atomic mass is 9.96. The number of nitrogens with zero attached hydrogens (tertiary/aromatic N) is 3. The lowest BCUT2D eigenvalue weighted by molar-refractivity contribution is -0.125. The molecule has 0 bridgehead atoms. The highest BCUT2D eigenvalue weighted by atomic mass is 35.5. The normalized spacial score (nSPS) is 15.9. The number of anilines is 1. The number of hydrogen-bond donors (Lipinski definition) is 1. The second-order valence-corrected chi connectivity index (χ2v) is 6.35. The Hall–Kier alpha value is -1.33. The van der Waals surface area contributed by atoms with Gasteiger partial charge in [0.1, 0.15) is 5.82 Å². The van der Waals surface area contributed by atoms with E-state index in [0.29, 0.717) is 5.02 Å². The second kappa shape index (κ2) is 9.08. The first-order valence-electron chi connectivity index (χ1n) is 8.50. The molecule has 0 aliphatic carbocycles. The predicted octanol–water partition coefficient (Wildman–Crippen LogP) is 2.41. The van der Waals surface area contributed by atoms with Gasteiger partial charge in [-0.05, 0) is 38.1 Å². The number of piperidine rings is 1. The van der Waals surface area contributed by atoms with Gasteiger partial charge in [0.15, 0.2) is 0 Å². The fourth-order valence-electron chi connectivity index (χ4n) is 2.95. The van der Waals surface area contributed by atoms with Crippen molar-refractivity contribution in [3.8, 4) is 0 Å². The number of carbonyl (C=O) groups is 1. The minimum Gasteiger partial charge on any atom is -0.357 e. The molecular formula is C17H27ClN4O. The van der Waals surface area contributed by atoms with Crippen molar-refractivity contribution in [1.82, 2.24) is 15.2 Å². The van der Waals surface area contributed by atoms with Gasteiger partial charge in [-0.25, -0.2) is 4.98 Å². The molecule has 0 atom stereocenters. The maximum Gasteiger partial charge on any atom is 0.223 e. The zero-order valence-corrected chi connectivity index (χ0v) is 14.9. The molecule has 2 rings (SSSR count). The van der Waals surface area contributed by atoms with Gasteiger partial charge < -0.3 is 15.1 Å².